The third kappa shape index (κ3) is 4.50. The predicted molar refractivity (Wildman–Crippen MR) is 117 cm³/mol. The van der Waals surface area contributed by atoms with Crippen LogP contribution in [0, 0.1) is 0 Å². The lowest BCUT2D eigenvalue weighted by Crippen LogP contribution is -2.04. The molecule has 0 aliphatic carbocycles. The summed E-state index contributed by atoms with van der Waals surface area (Å²) in [7, 11) is -1.51. The van der Waals surface area contributed by atoms with E-state index in [9.17, 15) is 0 Å². The van der Waals surface area contributed by atoms with Gasteiger partial charge in [-0.25, -0.2) is 4.79 Å². The first-order valence-corrected chi connectivity index (χ1v) is 10.7. The van der Waals surface area contributed by atoms with Crippen molar-refractivity contribution in [1.82, 2.24) is 0 Å². The highest BCUT2D eigenvalue weighted by atomic mass is 32.3. The first kappa shape index (κ1) is 20.2. The zero-order chi connectivity index (χ0) is 20.5. The molecule has 0 atom stereocenters. The van der Waals surface area contributed by atoms with Crippen molar-refractivity contribution in [3.05, 3.63) is 121 Å². The molecule has 0 unspecified atom stereocenters. The van der Waals surface area contributed by atoms with Gasteiger partial charge in [-0.2, -0.15) is 0 Å². The topological polar surface area (TPSA) is 57.5 Å². The Morgan fingerprint density at radius 3 is 0.793 bits per heavy atom. The van der Waals surface area contributed by atoms with Gasteiger partial charge < -0.3 is 10.2 Å². The minimum Gasteiger partial charge on any atom is -0.450 e. The number of carboxylic acid groups (broad SMARTS) is 2. The fourth-order valence-electron chi connectivity index (χ4n) is 3.31. The maximum absolute atomic E-state index is 8.56. The lowest BCUT2D eigenvalue weighted by atomic mass is 10.3. The van der Waals surface area contributed by atoms with E-state index >= 15 is 0 Å². The zero-order valence-electron chi connectivity index (χ0n) is 15.8. The van der Waals surface area contributed by atoms with E-state index in [1.54, 1.807) is 0 Å². The molecule has 0 heterocycles. The van der Waals surface area contributed by atoms with E-state index < -0.39 is 16.2 Å². The molecule has 0 saturated heterocycles. The maximum Gasteiger partial charge on any atom is 0.503 e. The normalized spacial score (nSPS) is 11.0. The van der Waals surface area contributed by atoms with E-state index in [0.717, 1.165) is 0 Å². The van der Waals surface area contributed by atoms with E-state index in [0.29, 0.717) is 0 Å². The second kappa shape index (κ2) is 9.62. The highest BCUT2D eigenvalue weighted by Crippen LogP contribution is 2.73. The number of benzene rings is 4. The van der Waals surface area contributed by atoms with Crippen LogP contribution >= 0.6 is 10.0 Å². The summed E-state index contributed by atoms with van der Waals surface area (Å²) in [6.45, 7) is 0. The fraction of sp³-hybridized carbons (Fsp3) is 0. The second-order valence-electron chi connectivity index (χ2n) is 6.15. The monoisotopic (exact) mass is 402 g/mol. The van der Waals surface area contributed by atoms with Crippen molar-refractivity contribution in [3.63, 3.8) is 0 Å². The Morgan fingerprint density at radius 1 is 0.448 bits per heavy atom. The van der Waals surface area contributed by atoms with Crippen LogP contribution in [0.15, 0.2) is 141 Å². The minimum atomic E-state index is -1.83. The van der Waals surface area contributed by atoms with Crippen molar-refractivity contribution in [3.8, 4) is 0 Å². The molecule has 0 saturated carbocycles. The van der Waals surface area contributed by atoms with Gasteiger partial charge in [-0.3, -0.25) is 0 Å². The molecule has 4 aromatic carbocycles. The highest BCUT2D eigenvalue weighted by molar-refractivity contribution is 8.34. The van der Waals surface area contributed by atoms with Crippen molar-refractivity contribution in [2.24, 2.45) is 0 Å². The van der Waals surface area contributed by atoms with Gasteiger partial charge in [0.2, 0.25) is 0 Å². The van der Waals surface area contributed by atoms with Crippen molar-refractivity contribution >= 4 is 16.2 Å². The van der Waals surface area contributed by atoms with Crippen LogP contribution in [-0.2, 0) is 0 Å². The molecular weight excluding hydrogens is 380 g/mol. The van der Waals surface area contributed by atoms with E-state index in [2.05, 4.69) is 121 Å². The molecule has 0 bridgehead atoms. The lowest BCUT2D eigenvalue weighted by molar-refractivity contribution is 0.137. The SMILES string of the molecule is O=C(O)O.c1ccc(S(c2ccccc2)(c2ccccc2)c2ccccc2)cc1. The lowest BCUT2D eigenvalue weighted by Gasteiger charge is -2.42. The van der Waals surface area contributed by atoms with Crippen molar-refractivity contribution in [2.45, 2.75) is 19.6 Å². The molecule has 4 rings (SSSR count). The Kier molecular flexibility index (Phi) is 6.72. The average molecular weight is 403 g/mol. The molecule has 0 aliphatic rings. The van der Waals surface area contributed by atoms with E-state index in [4.69, 9.17) is 15.0 Å². The standard InChI is InChI=1S/C24H20S.CH2O3/c1-5-13-21(14-6-1)25(22-15-7-2-8-16-22,23-17-9-3-10-18-23)24-19-11-4-12-20-24;2-1(3)4/h1-20H;(H2,2,3,4). The van der Waals surface area contributed by atoms with Crippen LogP contribution in [-0.4, -0.2) is 16.4 Å². The Hall–Kier alpha value is -3.50. The minimum absolute atomic E-state index is 1.36. The van der Waals surface area contributed by atoms with Gasteiger partial charge in [0.1, 0.15) is 0 Å². The molecule has 146 valence electrons. The van der Waals surface area contributed by atoms with Crippen molar-refractivity contribution in [1.29, 1.82) is 0 Å². The van der Waals surface area contributed by atoms with Gasteiger partial charge in [0.25, 0.3) is 0 Å². The molecule has 4 heteroatoms. The van der Waals surface area contributed by atoms with Gasteiger partial charge in [0.15, 0.2) is 0 Å². The summed E-state index contributed by atoms with van der Waals surface area (Å²) in [4.78, 5) is 14.0. The van der Waals surface area contributed by atoms with Gasteiger partial charge in [-0.15, -0.1) is 10.0 Å². The van der Waals surface area contributed by atoms with Crippen LogP contribution in [0.2, 0.25) is 0 Å². The van der Waals surface area contributed by atoms with E-state index in [1.165, 1.54) is 19.6 Å². The van der Waals surface area contributed by atoms with Crippen LogP contribution in [0.1, 0.15) is 0 Å². The first-order valence-electron chi connectivity index (χ1n) is 9.11. The summed E-state index contributed by atoms with van der Waals surface area (Å²) in [6.07, 6.45) is -1.83. The molecule has 0 fully saturated rings. The first-order chi connectivity index (χ1) is 14.2. The molecule has 0 amide bonds. The summed E-state index contributed by atoms with van der Waals surface area (Å²) in [5.41, 5.74) is 0. The molecule has 29 heavy (non-hydrogen) atoms. The Morgan fingerprint density at radius 2 is 0.621 bits per heavy atom. The summed E-state index contributed by atoms with van der Waals surface area (Å²) >= 11 is 0. The smallest absolute Gasteiger partial charge is 0.450 e. The Bertz CT molecular complexity index is 853. The zero-order valence-corrected chi connectivity index (χ0v) is 16.6. The van der Waals surface area contributed by atoms with Gasteiger partial charge in [0, 0.05) is 19.6 Å². The van der Waals surface area contributed by atoms with E-state index in [-0.39, 0.29) is 0 Å². The summed E-state index contributed by atoms with van der Waals surface area (Å²) < 4.78 is 0. The Labute approximate surface area is 172 Å². The second-order valence-corrected chi connectivity index (χ2v) is 9.26. The van der Waals surface area contributed by atoms with E-state index in [1.807, 2.05) is 0 Å². The van der Waals surface area contributed by atoms with Crippen LogP contribution in [0.5, 0.6) is 0 Å². The van der Waals surface area contributed by atoms with Gasteiger partial charge in [-0.05, 0) is 48.5 Å². The summed E-state index contributed by atoms with van der Waals surface area (Å²) in [5, 5.41) is 13.9. The van der Waals surface area contributed by atoms with Crippen LogP contribution in [0.25, 0.3) is 0 Å². The maximum atomic E-state index is 8.56. The summed E-state index contributed by atoms with van der Waals surface area (Å²) in [6, 6.07) is 43.7. The summed E-state index contributed by atoms with van der Waals surface area (Å²) in [5.74, 6) is 0. The Balaban J connectivity index is 0.000000552. The van der Waals surface area contributed by atoms with Gasteiger partial charge >= 0.3 is 6.16 Å². The molecule has 3 nitrogen and oxygen atoms in total. The van der Waals surface area contributed by atoms with Crippen LogP contribution in [0.3, 0.4) is 0 Å². The third-order valence-electron chi connectivity index (χ3n) is 4.39. The van der Waals surface area contributed by atoms with Gasteiger partial charge in [-0.1, -0.05) is 72.8 Å². The fourth-order valence-corrected chi connectivity index (χ4v) is 7.21. The number of carbonyl (C=O) groups is 1. The van der Waals surface area contributed by atoms with Crippen LogP contribution in [0.4, 0.5) is 4.79 Å². The molecule has 0 radical (unpaired) electrons. The number of hydrogen-bond acceptors (Lipinski definition) is 1. The van der Waals surface area contributed by atoms with Crippen molar-refractivity contribution in [2.75, 3.05) is 0 Å². The molecule has 4 aromatic rings. The average Bonchev–Trinajstić information content (AvgIpc) is 2.77. The third-order valence-corrected chi connectivity index (χ3v) is 8.30. The predicted octanol–water partition coefficient (Wildman–Crippen LogP) is 7.25. The number of rotatable bonds is 4. The largest absolute Gasteiger partial charge is 0.503 e. The van der Waals surface area contributed by atoms with Crippen LogP contribution < -0.4 is 0 Å². The molecule has 2 N–H and O–H groups in total. The highest BCUT2D eigenvalue weighted by Gasteiger charge is 2.32. The quantitative estimate of drug-likeness (QED) is 0.378. The molecular formula is C25H22O3S. The molecule has 0 spiro atoms. The van der Waals surface area contributed by atoms with Gasteiger partial charge in [0.05, 0.1) is 0 Å². The number of hydrogen-bond donors (Lipinski definition) is 2. The van der Waals surface area contributed by atoms with Crippen molar-refractivity contribution < 1.29 is 15.0 Å². The molecule has 0 aromatic heterocycles. The molecule has 0 aliphatic heterocycles.